The fourth-order valence-electron chi connectivity index (χ4n) is 4.58. The van der Waals surface area contributed by atoms with Crippen LogP contribution in [0.4, 0.5) is 18.9 Å². The van der Waals surface area contributed by atoms with Gasteiger partial charge in [-0.15, -0.1) is 0 Å². The molecule has 1 spiro atoms. The highest BCUT2D eigenvalue weighted by Gasteiger charge is 2.43. The number of nitrogens with one attached hydrogen (secondary N) is 1. The second kappa shape index (κ2) is 9.06. The van der Waals surface area contributed by atoms with Crippen LogP contribution in [0.3, 0.4) is 0 Å². The molecule has 1 unspecified atom stereocenters. The van der Waals surface area contributed by atoms with Crippen LogP contribution >= 0.6 is 0 Å². The number of benzene rings is 3. The van der Waals surface area contributed by atoms with Crippen LogP contribution in [0.2, 0.25) is 0 Å². The first-order valence-electron chi connectivity index (χ1n) is 11.4. The van der Waals surface area contributed by atoms with Gasteiger partial charge in [-0.05, 0) is 65.1 Å². The van der Waals surface area contributed by atoms with E-state index in [2.05, 4.69) is 36.2 Å². The van der Waals surface area contributed by atoms with Gasteiger partial charge >= 0.3 is 6.18 Å². The highest BCUT2D eigenvalue weighted by atomic mass is 19.4. The van der Waals surface area contributed by atoms with Crippen LogP contribution in [-0.2, 0) is 20.7 Å². The minimum absolute atomic E-state index is 0.125. The lowest BCUT2D eigenvalue weighted by atomic mass is 9.89. The fraction of sp³-hybridized carbons (Fsp3) is 0.333. The Labute approximate surface area is 196 Å². The Kier molecular flexibility index (Phi) is 6.10. The molecule has 4 nitrogen and oxygen atoms in total. The van der Waals surface area contributed by atoms with Gasteiger partial charge < -0.3 is 10.1 Å². The number of alkyl halides is 3. The third kappa shape index (κ3) is 4.82. The van der Waals surface area contributed by atoms with Crippen LogP contribution < -0.4 is 5.32 Å². The van der Waals surface area contributed by atoms with Gasteiger partial charge in [0.05, 0.1) is 12.2 Å². The zero-order valence-corrected chi connectivity index (χ0v) is 18.6. The van der Waals surface area contributed by atoms with Crippen molar-refractivity contribution < 1.29 is 27.7 Å². The monoisotopic (exact) mass is 469 g/mol. The summed E-state index contributed by atoms with van der Waals surface area (Å²) in [5.74, 6) is -0.793. The highest BCUT2D eigenvalue weighted by Crippen LogP contribution is 2.39. The molecule has 0 amide bonds. The fourth-order valence-corrected chi connectivity index (χ4v) is 4.58. The first-order chi connectivity index (χ1) is 16.3. The predicted molar refractivity (Wildman–Crippen MR) is 125 cm³/mol. The molecule has 1 atom stereocenters. The van der Waals surface area contributed by atoms with Gasteiger partial charge in [-0.25, -0.2) is 9.78 Å². The Morgan fingerprint density at radius 1 is 0.941 bits per heavy atom. The molecule has 3 aromatic rings. The van der Waals surface area contributed by atoms with Crippen molar-refractivity contribution in [1.82, 2.24) is 0 Å². The zero-order chi connectivity index (χ0) is 23.8. The third-order valence-electron chi connectivity index (χ3n) is 6.65. The number of hydrogen-bond donors (Lipinski definition) is 1. The van der Waals surface area contributed by atoms with E-state index in [4.69, 9.17) is 14.5 Å². The van der Waals surface area contributed by atoms with E-state index in [1.165, 1.54) is 12.1 Å². The summed E-state index contributed by atoms with van der Waals surface area (Å²) in [6, 6.07) is 19.6. The minimum atomic E-state index is -4.33. The molecule has 1 N–H and O–H groups in total. The van der Waals surface area contributed by atoms with Crippen LogP contribution in [0.1, 0.15) is 36.8 Å². The maximum absolute atomic E-state index is 12.8. The number of halogens is 3. The standard InChI is InChI=1S/C27H26F3NO3/c1-18(20-7-6-19-4-2-3-5-21(19)16-20)25-17-32-26(34-33-25)14-12-24(13-15-26)31-23-10-8-22(9-11-23)27(28,29)30/h2-11,16,24-25,31H,1,12-15,17H2. The molecular formula is C27H26F3NO3. The molecule has 34 heavy (non-hydrogen) atoms. The summed E-state index contributed by atoms with van der Waals surface area (Å²) in [7, 11) is 0. The van der Waals surface area contributed by atoms with E-state index in [1.807, 2.05) is 18.2 Å². The molecule has 1 aliphatic carbocycles. The minimum Gasteiger partial charge on any atom is -0.382 e. The second-order valence-electron chi connectivity index (χ2n) is 8.97. The number of ether oxygens (including phenoxy) is 1. The lowest BCUT2D eigenvalue weighted by Gasteiger charge is -2.43. The summed E-state index contributed by atoms with van der Waals surface area (Å²) >= 11 is 0. The van der Waals surface area contributed by atoms with Gasteiger partial charge in [0.15, 0.2) is 0 Å². The van der Waals surface area contributed by atoms with E-state index in [-0.39, 0.29) is 6.04 Å². The Morgan fingerprint density at radius 3 is 2.29 bits per heavy atom. The molecule has 0 aromatic heterocycles. The largest absolute Gasteiger partial charge is 0.416 e. The van der Waals surface area contributed by atoms with Gasteiger partial charge in [0.2, 0.25) is 5.79 Å². The van der Waals surface area contributed by atoms with Crippen molar-refractivity contribution in [3.8, 4) is 0 Å². The zero-order valence-electron chi connectivity index (χ0n) is 18.6. The molecule has 178 valence electrons. The molecule has 5 rings (SSSR count). The summed E-state index contributed by atoms with van der Waals surface area (Å²) in [6.07, 6.45) is -1.97. The Balaban J connectivity index is 1.14. The van der Waals surface area contributed by atoms with Gasteiger partial charge in [0, 0.05) is 24.6 Å². The van der Waals surface area contributed by atoms with Crippen molar-refractivity contribution >= 4 is 22.0 Å². The molecular weight excluding hydrogens is 443 g/mol. The summed E-state index contributed by atoms with van der Waals surface area (Å²) in [6.45, 7) is 4.55. The number of anilines is 1. The Hall–Kier alpha value is -2.87. The number of fused-ring (bicyclic) bond motifs is 1. The van der Waals surface area contributed by atoms with Gasteiger partial charge in [-0.1, -0.05) is 43.0 Å². The van der Waals surface area contributed by atoms with E-state index in [0.29, 0.717) is 25.1 Å². The lowest BCUT2D eigenvalue weighted by Crippen LogP contribution is -2.49. The maximum atomic E-state index is 12.8. The molecule has 2 aliphatic rings. The SMILES string of the molecule is C=C(c1ccc2ccccc2c1)C1COC2(CCC(Nc3ccc(C(F)(F)F)cc3)CC2)OO1. The van der Waals surface area contributed by atoms with Gasteiger partial charge in [-0.2, -0.15) is 13.2 Å². The Morgan fingerprint density at radius 2 is 1.65 bits per heavy atom. The normalized spacial score (nSPS) is 25.4. The van der Waals surface area contributed by atoms with E-state index in [9.17, 15) is 13.2 Å². The van der Waals surface area contributed by atoms with E-state index < -0.39 is 23.6 Å². The van der Waals surface area contributed by atoms with Crippen molar-refractivity contribution in [2.75, 3.05) is 11.9 Å². The lowest BCUT2D eigenvalue weighted by molar-refractivity contribution is -0.483. The van der Waals surface area contributed by atoms with Crippen molar-refractivity contribution in [3.63, 3.8) is 0 Å². The smallest absolute Gasteiger partial charge is 0.382 e. The molecule has 7 heteroatoms. The molecule has 1 heterocycles. The molecule has 0 radical (unpaired) electrons. The van der Waals surface area contributed by atoms with Crippen molar-refractivity contribution in [1.29, 1.82) is 0 Å². The predicted octanol–water partition coefficient (Wildman–Crippen LogP) is 6.97. The second-order valence-corrected chi connectivity index (χ2v) is 8.97. The van der Waals surface area contributed by atoms with E-state index in [0.717, 1.165) is 46.9 Å². The third-order valence-corrected chi connectivity index (χ3v) is 6.65. The summed E-state index contributed by atoms with van der Waals surface area (Å²) in [5, 5.41) is 5.61. The van der Waals surface area contributed by atoms with Crippen LogP contribution in [0, 0.1) is 0 Å². The number of hydrogen-bond acceptors (Lipinski definition) is 4. The number of rotatable bonds is 4. The average molecular weight is 470 g/mol. The summed E-state index contributed by atoms with van der Waals surface area (Å²) in [5.41, 5.74) is 1.80. The first-order valence-corrected chi connectivity index (χ1v) is 11.4. The maximum Gasteiger partial charge on any atom is 0.416 e. The Bertz CT molecular complexity index is 1160. The van der Waals surface area contributed by atoms with Crippen LogP contribution in [-0.4, -0.2) is 24.5 Å². The van der Waals surface area contributed by atoms with E-state index >= 15 is 0 Å². The molecule has 1 saturated carbocycles. The van der Waals surface area contributed by atoms with Crippen LogP contribution in [0.5, 0.6) is 0 Å². The van der Waals surface area contributed by atoms with Crippen LogP contribution in [0.15, 0.2) is 73.3 Å². The van der Waals surface area contributed by atoms with E-state index in [1.54, 1.807) is 0 Å². The molecule has 1 saturated heterocycles. The van der Waals surface area contributed by atoms with Gasteiger partial charge in [-0.3, -0.25) is 0 Å². The average Bonchev–Trinajstić information content (AvgIpc) is 2.85. The van der Waals surface area contributed by atoms with Gasteiger partial charge in [0.1, 0.15) is 6.10 Å². The molecule has 2 fully saturated rings. The summed E-state index contributed by atoms with van der Waals surface area (Å²) < 4.78 is 44.4. The van der Waals surface area contributed by atoms with Crippen molar-refractivity contribution in [2.45, 2.75) is 49.8 Å². The van der Waals surface area contributed by atoms with Gasteiger partial charge in [0.25, 0.3) is 0 Å². The highest BCUT2D eigenvalue weighted by molar-refractivity contribution is 5.86. The van der Waals surface area contributed by atoms with Crippen LogP contribution in [0.25, 0.3) is 16.3 Å². The quantitative estimate of drug-likeness (QED) is 0.419. The van der Waals surface area contributed by atoms with Crippen molar-refractivity contribution in [2.24, 2.45) is 0 Å². The molecule has 0 bridgehead atoms. The molecule has 1 aliphatic heterocycles. The first kappa shape index (κ1) is 22.9. The molecule has 3 aromatic carbocycles. The van der Waals surface area contributed by atoms with Crippen molar-refractivity contribution in [3.05, 3.63) is 84.4 Å². The topological polar surface area (TPSA) is 39.7 Å². The summed E-state index contributed by atoms with van der Waals surface area (Å²) in [4.78, 5) is 11.5.